The van der Waals surface area contributed by atoms with E-state index in [9.17, 15) is 8.42 Å². The molecule has 5 nitrogen and oxygen atoms in total. The molecular formula is C26H37F2N3O2S. The maximum atomic E-state index is 15.6. The number of anilines is 1. The highest BCUT2D eigenvalue weighted by atomic mass is 32.2. The minimum atomic E-state index is -2.91. The highest BCUT2D eigenvalue weighted by Crippen LogP contribution is 2.63. The van der Waals surface area contributed by atoms with Gasteiger partial charge in [-0.25, -0.2) is 17.2 Å². The van der Waals surface area contributed by atoms with Gasteiger partial charge in [0.2, 0.25) is 0 Å². The van der Waals surface area contributed by atoms with Crippen LogP contribution in [0, 0.1) is 5.92 Å². The lowest BCUT2D eigenvalue weighted by Gasteiger charge is -2.61. The number of nitrogens with one attached hydrogen (secondary N) is 1. The molecule has 1 N–H and O–H groups in total. The van der Waals surface area contributed by atoms with Crippen LogP contribution in [0.25, 0.3) is 0 Å². The number of fused-ring (bicyclic) bond motifs is 1. The molecule has 0 radical (unpaired) electrons. The van der Waals surface area contributed by atoms with Gasteiger partial charge in [-0.15, -0.1) is 0 Å². The largest absolute Gasteiger partial charge is 0.378 e. The number of alkyl halides is 2. The molecule has 188 valence electrons. The third-order valence-electron chi connectivity index (χ3n) is 9.14. The fourth-order valence-electron chi connectivity index (χ4n) is 8.22. The Balaban J connectivity index is 1.34. The van der Waals surface area contributed by atoms with E-state index in [1.54, 1.807) is 0 Å². The van der Waals surface area contributed by atoms with Crippen LogP contribution in [0.15, 0.2) is 0 Å². The molecule has 4 bridgehead atoms. The second kappa shape index (κ2) is 7.86. The Hall–Kier alpha value is -1.28. The van der Waals surface area contributed by atoms with E-state index in [-0.39, 0.29) is 23.8 Å². The van der Waals surface area contributed by atoms with E-state index in [0.717, 1.165) is 55.6 Å². The summed E-state index contributed by atoms with van der Waals surface area (Å²) >= 11 is 0. The van der Waals surface area contributed by atoms with Crippen molar-refractivity contribution >= 4 is 15.5 Å². The van der Waals surface area contributed by atoms with Crippen molar-refractivity contribution in [3.8, 4) is 0 Å². The number of aromatic nitrogens is 1. The third-order valence-corrected chi connectivity index (χ3v) is 10.8. The van der Waals surface area contributed by atoms with Crippen LogP contribution >= 0.6 is 0 Å². The van der Waals surface area contributed by atoms with Crippen molar-refractivity contribution in [2.45, 2.75) is 101 Å². The topological polar surface area (TPSA) is 62.3 Å². The number of rotatable bonds is 5. The molecule has 0 amide bonds. The van der Waals surface area contributed by atoms with E-state index >= 15 is 8.78 Å². The molecule has 7 rings (SSSR count). The van der Waals surface area contributed by atoms with Crippen molar-refractivity contribution in [1.29, 1.82) is 0 Å². The average molecular weight is 494 g/mol. The number of pyridine rings is 1. The SMILES string of the molecule is CCc1nc(CN2CCS(=O)(=O)CC2)c2c(c1NC13CC4CC(F)(CC(F)(C4)C1)C3)CCCC2. The van der Waals surface area contributed by atoms with Crippen molar-refractivity contribution < 1.29 is 17.2 Å². The van der Waals surface area contributed by atoms with Crippen molar-refractivity contribution in [2.24, 2.45) is 5.92 Å². The third kappa shape index (κ3) is 4.06. The Labute approximate surface area is 202 Å². The van der Waals surface area contributed by atoms with Crippen LogP contribution in [0.3, 0.4) is 0 Å². The summed E-state index contributed by atoms with van der Waals surface area (Å²) in [5.41, 5.74) is 2.44. The molecule has 34 heavy (non-hydrogen) atoms. The molecule has 1 aromatic heterocycles. The minimum Gasteiger partial charge on any atom is -0.378 e. The summed E-state index contributed by atoms with van der Waals surface area (Å²) in [5.74, 6) is 0.562. The predicted molar refractivity (Wildman–Crippen MR) is 129 cm³/mol. The van der Waals surface area contributed by atoms with E-state index in [2.05, 4.69) is 17.1 Å². The molecule has 2 heterocycles. The van der Waals surface area contributed by atoms with Crippen molar-refractivity contribution in [1.82, 2.24) is 9.88 Å². The fraction of sp³-hybridized carbons (Fsp3) is 0.808. The number of halogens is 2. The van der Waals surface area contributed by atoms with Gasteiger partial charge in [-0.1, -0.05) is 6.92 Å². The lowest BCUT2D eigenvalue weighted by molar-refractivity contribution is -0.137. The van der Waals surface area contributed by atoms with Gasteiger partial charge in [-0.05, 0) is 68.4 Å². The van der Waals surface area contributed by atoms with Gasteiger partial charge in [0.25, 0.3) is 0 Å². The average Bonchev–Trinajstić information content (AvgIpc) is 2.74. The number of hydrogen-bond acceptors (Lipinski definition) is 5. The molecule has 0 aromatic carbocycles. The Bertz CT molecular complexity index is 1080. The summed E-state index contributed by atoms with van der Waals surface area (Å²) in [6, 6.07) is 0. The maximum Gasteiger partial charge on any atom is 0.152 e. The number of nitrogens with zero attached hydrogens (tertiary/aromatic N) is 2. The second-order valence-electron chi connectivity index (χ2n) is 12.0. The molecule has 1 saturated heterocycles. The highest BCUT2D eigenvalue weighted by Gasteiger charge is 2.65. The standard InChI is InChI=1S/C26H37F2N3O2S/c1-2-21-23(30-26-13-18-11-24(27,16-26)15-25(28,12-18)17-26)20-6-4-3-5-19(20)22(29-21)14-31-7-9-34(32,33)10-8-31/h18,30H,2-17H2,1H3. The van der Waals surface area contributed by atoms with Gasteiger partial charge < -0.3 is 5.32 Å². The quantitative estimate of drug-likeness (QED) is 0.662. The molecule has 2 atom stereocenters. The van der Waals surface area contributed by atoms with Crippen LogP contribution in [0.4, 0.5) is 14.5 Å². The highest BCUT2D eigenvalue weighted by molar-refractivity contribution is 7.91. The summed E-state index contributed by atoms with van der Waals surface area (Å²) in [6.07, 6.45) is 7.71. The normalized spacial score (nSPS) is 38.6. The summed E-state index contributed by atoms with van der Waals surface area (Å²) < 4.78 is 55.0. The molecule has 5 fully saturated rings. The molecular weight excluding hydrogens is 456 g/mol. The Morgan fingerprint density at radius 2 is 1.62 bits per heavy atom. The van der Waals surface area contributed by atoms with Gasteiger partial charge >= 0.3 is 0 Å². The summed E-state index contributed by atoms with van der Waals surface area (Å²) in [5, 5.41) is 3.79. The van der Waals surface area contributed by atoms with Crippen LogP contribution in [-0.2, 0) is 35.6 Å². The van der Waals surface area contributed by atoms with E-state index < -0.39 is 26.7 Å². The molecule has 6 aliphatic rings. The van der Waals surface area contributed by atoms with Gasteiger partial charge in [-0.2, -0.15) is 0 Å². The Morgan fingerprint density at radius 3 is 2.24 bits per heavy atom. The first-order valence-electron chi connectivity index (χ1n) is 13.2. The van der Waals surface area contributed by atoms with Crippen molar-refractivity contribution in [2.75, 3.05) is 29.9 Å². The van der Waals surface area contributed by atoms with E-state index in [4.69, 9.17) is 4.98 Å². The zero-order valence-corrected chi connectivity index (χ0v) is 21.1. The van der Waals surface area contributed by atoms with Crippen LogP contribution in [0.1, 0.15) is 80.8 Å². The molecule has 5 aliphatic carbocycles. The lowest BCUT2D eigenvalue weighted by atomic mass is 9.50. The maximum absolute atomic E-state index is 15.6. The Morgan fingerprint density at radius 1 is 0.971 bits per heavy atom. The number of aryl methyl sites for hydroxylation is 1. The first-order valence-corrected chi connectivity index (χ1v) is 15.0. The lowest BCUT2D eigenvalue weighted by Crippen LogP contribution is -2.65. The van der Waals surface area contributed by atoms with Gasteiger partial charge in [0.15, 0.2) is 9.84 Å². The van der Waals surface area contributed by atoms with Gasteiger partial charge in [0, 0.05) is 44.4 Å². The molecule has 2 unspecified atom stereocenters. The summed E-state index contributed by atoms with van der Waals surface area (Å²) in [7, 11) is -2.91. The zero-order valence-electron chi connectivity index (χ0n) is 20.3. The number of sulfone groups is 1. The smallest absolute Gasteiger partial charge is 0.152 e. The summed E-state index contributed by atoms with van der Waals surface area (Å²) in [4.78, 5) is 7.34. The molecule has 0 spiro atoms. The first kappa shape index (κ1) is 23.1. The van der Waals surface area contributed by atoms with Crippen molar-refractivity contribution in [3.05, 3.63) is 22.5 Å². The van der Waals surface area contributed by atoms with Gasteiger partial charge in [0.05, 0.1) is 28.6 Å². The van der Waals surface area contributed by atoms with Crippen LogP contribution < -0.4 is 5.32 Å². The molecule has 1 aliphatic heterocycles. The molecule has 1 aromatic rings. The van der Waals surface area contributed by atoms with E-state index in [1.165, 1.54) is 11.1 Å². The van der Waals surface area contributed by atoms with Gasteiger partial charge in [0.1, 0.15) is 11.3 Å². The van der Waals surface area contributed by atoms with Crippen molar-refractivity contribution in [3.63, 3.8) is 0 Å². The fourth-order valence-corrected chi connectivity index (χ4v) is 9.50. The number of hydrogen-bond donors (Lipinski definition) is 1. The molecule has 8 heteroatoms. The zero-order chi connectivity index (χ0) is 23.8. The minimum absolute atomic E-state index is 0.0708. The second-order valence-corrected chi connectivity index (χ2v) is 14.3. The predicted octanol–water partition coefficient (Wildman–Crippen LogP) is 4.32. The van der Waals surface area contributed by atoms with E-state index in [0.29, 0.717) is 45.3 Å². The van der Waals surface area contributed by atoms with Crippen LogP contribution in [0.2, 0.25) is 0 Å². The van der Waals surface area contributed by atoms with E-state index in [1.807, 2.05) is 0 Å². The Kier molecular flexibility index (Phi) is 5.35. The summed E-state index contributed by atoms with van der Waals surface area (Å²) in [6.45, 7) is 3.90. The first-order chi connectivity index (χ1) is 16.1. The van der Waals surface area contributed by atoms with Crippen LogP contribution in [0.5, 0.6) is 0 Å². The van der Waals surface area contributed by atoms with Crippen LogP contribution in [-0.4, -0.2) is 59.8 Å². The molecule has 4 saturated carbocycles. The monoisotopic (exact) mass is 493 g/mol. The van der Waals surface area contributed by atoms with Gasteiger partial charge in [-0.3, -0.25) is 9.88 Å².